The van der Waals surface area contributed by atoms with E-state index < -0.39 is 22.0 Å². The lowest BCUT2D eigenvalue weighted by atomic mass is 10.1. The lowest BCUT2D eigenvalue weighted by molar-refractivity contribution is -0.143. The summed E-state index contributed by atoms with van der Waals surface area (Å²) in [7, 11) is -3.85. The summed E-state index contributed by atoms with van der Waals surface area (Å²) in [6, 6.07) is 10.9. The van der Waals surface area contributed by atoms with Crippen LogP contribution in [0.4, 0.5) is 4.39 Å². The number of carbonyl (C=O) groups is 1. The molecule has 1 fully saturated rings. The van der Waals surface area contributed by atoms with Gasteiger partial charge in [0, 0.05) is 6.54 Å². The third kappa shape index (κ3) is 6.01. The Morgan fingerprint density at radius 3 is 2.30 bits per heavy atom. The molecule has 30 heavy (non-hydrogen) atoms. The van der Waals surface area contributed by atoms with E-state index in [0.29, 0.717) is 18.8 Å². The highest BCUT2D eigenvalue weighted by Gasteiger charge is 2.28. The maximum Gasteiger partial charge on any atom is 0.322 e. The molecule has 0 saturated carbocycles. The summed E-state index contributed by atoms with van der Waals surface area (Å²) in [5, 5.41) is 9.48. The molecule has 1 atom stereocenters. The van der Waals surface area contributed by atoms with Gasteiger partial charge in [0.2, 0.25) is 10.0 Å². The van der Waals surface area contributed by atoms with Crippen molar-refractivity contribution in [2.75, 3.05) is 19.6 Å². The van der Waals surface area contributed by atoms with E-state index in [1.54, 1.807) is 17.0 Å². The number of benzene rings is 2. The SMILES string of the molecule is O=C(O)[C@H](CNS(=O)(=O)c1ccc(OCc2ccc(F)cc2)cc1)N1CCCCC1. The van der Waals surface area contributed by atoms with Crippen molar-refractivity contribution < 1.29 is 27.4 Å². The lowest BCUT2D eigenvalue weighted by Gasteiger charge is -2.31. The number of hydrogen-bond acceptors (Lipinski definition) is 5. The smallest absolute Gasteiger partial charge is 0.322 e. The number of carboxylic acid groups (broad SMARTS) is 1. The van der Waals surface area contributed by atoms with Crippen LogP contribution in [-0.2, 0) is 21.4 Å². The number of piperidine rings is 1. The average Bonchev–Trinajstić information content (AvgIpc) is 2.74. The van der Waals surface area contributed by atoms with E-state index in [1.165, 1.54) is 36.4 Å². The Kier molecular flexibility index (Phi) is 7.41. The largest absolute Gasteiger partial charge is 0.489 e. The minimum Gasteiger partial charge on any atom is -0.489 e. The van der Waals surface area contributed by atoms with Crippen LogP contribution in [-0.4, -0.2) is 50.1 Å². The molecule has 0 unspecified atom stereocenters. The summed E-state index contributed by atoms with van der Waals surface area (Å²) in [5.41, 5.74) is 0.784. The van der Waals surface area contributed by atoms with Crippen LogP contribution in [0.3, 0.4) is 0 Å². The molecule has 2 N–H and O–H groups in total. The quantitative estimate of drug-likeness (QED) is 0.627. The normalized spacial score (nSPS) is 16.2. The minimum atomic E-state index is -3.85. The summed E-state index contributed by atoms with van der Waals surface area (Å²) >= 11 is 0. The van der Waals surface area contributed by atoms with Gasteiger partial charge in [-0.3, -0.25) is 9.69 Å². The Balaban J connectivity index is 1.58. The first-order chi connectivity index (χ1) is 14.3. The molecule has 1 aliphatic heterocycles. The molecule has 0 amide bonds. The fourth-order valence-corrected chi connectivity index (χ4v) is 4.38. The van der Waals surface area contributed by atoms with E-state index in [-0.39, 0.29) is 23.9 Å². The van der Waals surface area contributed by atoms with Crippen molar-refractivity contribution in [3.63, 3.8) is 0 Å². The van der Waals surface area contributed by atoms with Gasteiger partial charge in [-0.15, -0.1) is 0 Å². The number of carboxylic acids is 1. The minimum absolute atomic E-state index is 0.0272. The summed E-state index contributed by atoms with van der Waals surface area (Å²) in [5.74, 6) is -0.898. The van der Waals surface area contributed by atoms with Crippen LogP contribution in [0.5, 0.6) is 5.75 Å². The molecule has 0 aliphatic carbocycles. The van der Waals surface area contributed by atoms with Crippen molar-refractivity contribution in [1.29, 1.82) is 0 Å². The van der Waals surface area contributed by atoms with E-state index in [0.717, 1.165) is 24.8 Å². The predicted molar refractivity (Wildman–Crippen MR) is 109 cm³/mol. The standard InChI is InChI=1S/C21H25FN2O5S/c22-17-6-4-16(5-7-17)15-29-18-8-10-19(11-9-18)30(27,28)23-14-20(21(25)26)24-12-2-1-3-13-24/h4-11,20,23H,1-3,12-15H2,(H,25,26)/t20-/m0/s1. The molecule has 9 heteroatoms. The number of halogens is 1. The second-order valence-electron chi connectivity index (χ2n) is 7.19. The fourth-order valence-electron chi connectivity index (χ4n) is 3.34. The molecule has 1 aliphatic rings. The molecule has 0 spiro atoms. The Bertz CT molecular complexity index is 942. The molecule has 1 heterocycles. The number of nitrogens with one attached hydrogen (secondary N) is 1. The van der Waals surface area contributed by atoms with Crippen LogP contribution < -0.4 is 9.46 Å². The summed E-state index contributed by atoms with van der Waals surface area (Å²) in [6.45, 7) is 1.33. The van der Waals surface area contributed by atoms with Gasteiger partial charge in [0.25, 0.3) is 0 Å². The maximum atomic E-state index is 12.9. The lowest BCUT2D eigenvalue weighted by Crippen LogP contribution is -2.50. The van der Waals surface area contributed by atoms with Gasteiger partial charge in [0.05, 0.1) is 4.90 Å². The van der Waals surface area contributed by atoms with Gasteiger partial charge in [0.15, 0.2) is 0 Å². The van der Waals surface area contributed by atoms with Gasteiger partial charge in [-0.05, 0) is 67.9 Å². The maximum absolute atomic E-state index is 12.9. The van der Waals surface area contributed by atoms with E-state index in [2.05, 4.69) is 4.72 Å². The number of nitrogens with zero attached hydrogens (tertiary/aromatic N) is 1. The van der Waals surface area contributed by atoms with E-state index in [9.17, 15) is 22.7 Å². The highest BCUT2D eigenvalue weighted by atomic mass is 32.2. The Hall–Kier alpha value is -2.49. The summed E-state index contributed by atoms with van der Waals surface area (Å²) in [6.07, 6.45) is 2.88. The van der Waals surface area contributed by atoms with Gasteiger partial charge in [-0.25, -0.2) is 17.5 Å². The Labute approximate surface area is 175 Å². The van der Waals surface area contributed by atoms with Crippen LogP contribution in [0.2, 0.25) is 0 Å². The van der Waals surface area contributed by atoms with Crippen LogP contribution in [0.25, 0.3) is 0 Å². The molecule has 162 valence electrons. The first kappa shape index (κ1) is 22.2. The molecule has 2 aromatic rings. The third-order valence-corrected chi connectivity index (χ3v) is 6.48. The first-order valence-electron chi connectivity index (χ1n) is 9.79. The van der Waals surface area contributed by atoms with Crippen molar-refractivity contribution in [2.24, 2.45) is 0 Å². The molecule has 0 bridgehead atoms. The van der Waals surface area contributed by atoms with Crippen molar-refractivity contribution in [1.82, 2.24) is 9.62 Å². The number of likely N-dealkylation sites (tertiary alicyclic amines) is 1. The fraction of sp³-hybridized carbons (Fsp3) is 0.381. The van der Waals surface area contributed by atoms with Crippen molar-refractivity contribution in [2.45, 2.75) is 36.8 Å². The number of ether oxygens (including phenoxy) is 1. The second-order valence-corrected chi connectivity index (χ2v) is 8.96. The zero-order chi connectivity index (χ0) is 21.6. The number of hydrogen-bond donors (Lipinski definition) is 2. The molecule has 0 aromatic heterocycles. The second kappa shape index (κ2) is 10.0. The highest BCUT2D eigenvalue weighted by molar-refractivity contribution is 7.89. The van der Waals surface area contributed by atoms with Gasteiger partial charge in [-0.1, -0.05) is 18.6 Å². The third-order valence-electron chi connectivity index (χ3n) is 5.04. The predicted octanol–water partition coefficient (Wildman–Crippen LogP) is 2.62. The first-order valence-corrected chi connectivity index (χ1v) is 11.3. The zero-order valence-electron chi connectivity index (χ0n) is 16.5. The van der Waals surface area contributed by atoms with Crippen LogP contribution in [0, 0.1) is 5.82 Å². The Morgan fingerprint density at radius 1 is 1.07 bits per heavy atom. The molecule has 1 saturated heterocycles. The average molecular weight is 437 g/mol. The number of aliphatic carboxylic acids is 1. The van der Waals surface area contributed by atoms with Gasteiger partial charge in [0.1, 0.15) is 24.2 Å². The van der Waals surface area contributed by atoms with Crippen LogP contribution in [0.1, 0.15) is 24.8 Å². The molecule has 3 rings (SSSR count). The van der Waals surface area contributed by atoms with Gasteiger partial charge < -0.3 is 9.84 Å². The van der Waals surface area contributed by atoms with E-state index in [4.69, 9.17) is 4.74 Å². The van der Waals surface area contributed by atoms with Gasteiger partial charge in [-0.2, -0.15) is 0 Å². The summed E-state index contributed by atoms with van der Waals surface area (Å²) < 4.78 is 46.1. The highest BCUT2D eigenvalue weighted by Crippen LogP contribution is 2.18. The van der Waals surface area contributed by atoms with E-state index >= 15 is 0 Å². The van der Waals surface area contributed by atoms with Crippen LogP contribution >= 0.6 is 0 Å². The number of sulfonamides is 1. The monoisotopic (exact) mass is 436 g/mol. The topological polar surface area (TPSA) is 95.9 Å². The van der Waals surface area contributed by atoms with Crippen molar-refractivity contribution in [3.05, 3.63) is 59.9 Å². The summed E-state index contributed by atoms with van der Waals surface area (Å²) in [4.78, 5) is 13.4. The molecule has 2 aromatic carbocycles. The zero-order valence-corrected chi connectivity index (χ0v) is 17.3. The molecule has 0 radical (unpaired) electrons. The van der Waals surface area contributed by atoms with Gasteiger partial charge >= 0.3 is 5.97 Å². The molecule has 7 nitrogen and oxygen atoms in total. The molecular weight excluding hydrogens is 411 g/mol. The Morgan fingerprint density at radius 2 is 1.70 bits per heavy atom. The van der Waals surface area contributed by atoms with Crippen molar-refractivity contribution in [3.8, 4) is 5.75 Å². The number of rotatable bonds is 9. The van der Waals surface area contributed by atoms with E-state index in [1.807, 2.05) is 0 Å². The van der Waals surface area contributed by atoms with Crippen LogP contribution in [0.15, 0.2) is 53.4 Å². The molecular formula is C21H25FN2O5S. The van der Waals surface area contributed by atoms with Crippen molar-refractivity contribution >= 4 is 16.0 Å².